The number of carbonyl (C=O) groups is 1. The number of nitrogens with one attached hydrogen (secondary N) is 1. The highest BCUT2D eigenvalue weighted by molar-refractivity contribution is 7.16. The van der Waals surface area contributed by atoms with Crippen LogP contribution in [0.1, 0.15) is 11.3 Å². The summed E-state index contributed by atoms with van der Waals surface area (Å²) in [7, 11) is 0. The van der Waals surface area contributed by atoms with E-state index < -0.39 is 24.9 Å². The standard InChI is InChI=1S/C10H13ClF2N2OS/c11-8-3-1-7(17-8)2-4-9(16)15-6-10(12,13)5-14/h1,3H,2,4-6,14H2,(H,15,16). The molecular formula is C10H13ClF2N2OS. The lowest BCUT2D eigenvalue weighted by atomic mass is 10.2. The summed E-state index contributed by atoms with van der Waals surface area (Å²) in [5.41, 5.74) is 4.85. The van der Waals surface area contributed by atoms with Crippen molar-refractivity contribution < 1.29 is 13.6 Å². The Kier molecular flexibility index (Phi) is 5.30. The molecule has 0 atom stereocenters. The number of rotatable bonds is 6. The molecule has 1 rings (SSSR count). The number of hydrogen-bond donors (Lipinski definition) is 2. The van der Waals surface area contributed by atoms with E-state index in [1.165, 1.54) is 11.3 Å². The lowest BCUT2D eigenvalue weighted by molar-refractivity contribution is -0.122. The topological polar surface area (TPSA) is 55.1 Å². The smallest absolute Gasteiger partial charge is 0.277 e. The van der Waals surface area contributed by atoms with Gasteiger partial charge in [-0.05, 0) is 18.6 Å². The highest BCUT2D eigenvalue weighted by Crippen LogP contribution is 2.22. The van der Waals surface area contributed by atoms with Crippen molar-refractivity contribution in [1.29, 1.82) is 0 Å². The van der Waals surface area contributed by atoms with E-state index in [1.807, 2.05) is 6.07 Å². The molecule has 0 saturated heterocycles. The van der Waals surface area contributed by atoms with Crippen molar-refractivity contribution in [3.8, 4) is 0 Å². The zero-order chi connectivity index (χ0) is 12.9. The van der Waals surface area contributed by atoms with Crippen molar-refractivity contribution in [2.75, 3.05) is 13.1 Å². The average Bonchev–Trinajstić information content (AvgIpc) is 2.70. The van der Waals surface area contributed by atoms with Crippen LogP contribution in [-0.4, -0.2) is 24.9 Å². The highest BCUT2D eigenvalue weighted by atomic mass is 35.5. The van der Waals surface area contributed by atoms with Crippen LogP contribution < -0.4 is 11.1 Å². The van der Waals surface area contributed by atoms with Gasteiger partial charge in [0, 0.05) is 11.3 Å². The average molecular weight is 283 g/mol. The van der Waals surface area contributed by atoms with Crippen LogP contribution in [0, 0.1) is 0 Å². The maximum Gasteiger partial charge on any atom is 0.277 e. The summed E-state index contributed by atoms with van der Waals surface area (Å²) in [5.74, 6) is -3.45. The van der Waals surface area contributed by atoms with Crippen molar-refractivity contribution in [3.63, 3.8) is 0 Å². The number of nitrogens with two attached hydrogens (primary N) is 1. The van der Waals surface area contributed by atoms with E-state index in [9.17, 15) is 13.6 Å². The summed E-state index contributed by atoms with van der Waals surface area (Å²) in [5, 5.41) is 2.15. The first-order valence-electron chi connectivity index (χ1n) is 5.02. The van der Waals surface area contributed by atoms with Crippen LogP contribution in [0.5, 0.6) is 0 Å². The van der Waals surface area contributed by atoms with E-state index >= 15 is 0 Å². The Morgan fingerprint density at radius 3 is 2.76 bits per heavy atom. The molecule has 1 amide bonds. The summed E-state index contributed by atoms with van der Waals surface area (Å²) in [6.07, 6.45) is 0.662. The van der Waals surface area contributed by atoms with Crippen LogP contribution in [0.2, 0.25) is 4.34 Å². The molecule has 1 aromatic heterocycles. The molecule has 1 aromatic rings. The Hall–Kier alpha value is -0.720. The van der Waals surface area contributed by atoms with E-state index in [-0.39, 0.29) is 6.42 Å². The molecule has 0 bridgehead atoms. The molecule has 1 heterocycles. The van der Waals surface area contributed by atoms with Gasteiger partial charge in [-0.15, -0.1) is 11.3 Å². The first kappa shape index (κ1) is 14.3. The molecule has 0 aliphatic heterocycles. The third-order valence-corrected chi connectivity index (χ3v) is 3.36. The Labute approximate surface area is 107 Å². The molecule has 96 valence electrons. The molecule has 0 aliphatic carbocycles. The number of alkyl halides is 2. The monoisotopic (exact) mass is 282 g/mol. The Bertz CT molecular complexity index is 384. The molecule has 0 aromatic carbocycles. The fourth-order valence-electron chi connectivity index (χ4n) is 1.11. The van der Waals surface area contributed by atoms with Gasteiger partial charge in [-0.25, -0.2) is 8.78 Å². The van der Waals surface area contributed by atoms with E-state index in [0.29, 0.717) is 10.8 Å². The number of amides is 1. The largest absolute Gasteiger partial charge is 0.350 e. The molecular weight excluding hydrogens is 270 g/mol. The Balaban J connectivity index is 2.26. The first-order chi connectivity index (χ1) is 7.93. The summed E-state index contributed by atoms with van der Waals surface area (Å²) in [6.45, 7) is -1.48. The molecule has 0 radical (unpaired) electrons. The number of halogens is 3. The summed E-state index contributed by atoms with van der Waals surface area (Å²) >= 11 is 7.10. The lowest BCUT2D eigenvalue weighted by Gasteiger charge is -2.14. The Morgan fingerprint density at radius 1 is 1.53 bits per heavy atom. The summed E-state index contributed by atoms with van der Waals surface area (Å²) in [6, 6.07) is 3.55. The Morgan fingerprint density at radius 2 is 2.24 bits per heavy atom. The highest BCUT2D eigenvalue weighted by Gasteiger charge is 2.26. The van der Waals surface area contributed by atoms with E-state index in [2.05, 4.69) is 5.32 Å². The third kappa shape index (κ3) is 5.43. The third-order valence-electron chi connectivity index (χ3n) is 2.07. The predicted molar refractivity (Wildman–Crippen MR) is 64.7 cm³/mol. The fraction of sp³-hybridized carbons (Fsp3) is 0.500. The van der Waals surface area contributed by atoms with Crippen LogP contribution in [-0.2, 0) is 11.2 Å². The SMILES string of the molecule is NCC(F)(F)CNC(=O)CCc1ccc(Cl)s1. The van der Waals surface area contributed by atoms with Crippen molar-refractivity contribution in [3.05, 3.63) is 21.3 Å². The van der Waals surface area contributed by atoms with Crippen LogP contribution >= 0.6 is 22.9 Å². The molecule has 3 N–H and O–H groups in total. The minimum atomic E-state index is -3.04. The molecule has 3 nitrogen and oxygen atoms in total. The molecule has 0 spiro atoms. The van der Waals surface area contributed by atoms with Crippen LogP contribution in [0.25, 0.3) is 0 Å². The molecule has 0 saturated carbocycles. The van der Waals surface area contributed by atoms with Gasteiger partial charge in [-0.1, -0.05) is 11.6 Å². The molecule has 7 heteroatoms. The van der Waals surface area contributed by atoms with Gasteiger partial charge in [0.15, 0.2) is 0 Å². The van der Waals surface area contributed by atoms with Crippen molar-refractivity contribution >= 4 is 28.8 Å². The number of aryl methyl sites for hydroxylation is 1. The van der Waals surface area contributed by atoms with Gasteiger partial charge in [0.2, 0.25) is 5.91 Å². The lowest BCUT2D eigenvalue weighted by Crippen LogP contribution is -2.41. The van der Waals surface area contributed by atoms with E-state index in [1.54, 1.807) is 6.07 Å². The second-order valence-corrected chi connectivity index (χ2v) is 5.34. The van der Waals surface area contributed by atoms with Gasteiger partial charge in [0.05, 0.1) is 17.4 Å². The van der Waals surface area contributed by atoms with E-state index in [4.69, 9.17) is 17.3 Å². The normalized spacial score (nSPS) is 11.5. The number of thiophene rings is 1. The first-order valence-corrected chi connectivity index (χ1v) is 6.21. The minimum absolute atomic E-state index is 0.164. The maximum atomic E-state index is 12.7. The van der Waals surface area contributed by atoms with Crippen LogP contribution in [0.15, 0.2) is 12.1 Å². The van der Waals surface area contributed by atoms with Crippen LogP contribution in [0.3, 0.4) is 0 Å². The van der Waals surface area contributed by atoms with Crippen LogP contribution in [0.4, 0.5) is 8.78 Å². The molecule has 0 aliphatic rings. The minimum Gasteiger partial charge on any atom is -0.350 e. The van der Waals surface area contributed by atoms with Crippen molar-refractivity contribution in [1.82, 2.24) is 5.32 Å². The summed E-state index contributed by atoms with van der Waals surface area (Å²) < 4.78 is 26.1. The van der Waals surface area contributed by atoms with Gasteiger partial charge >= 0.3 is 0 Å². The van der Waals surface area contributed by atoms with Gasteiger partial charge in [-0.2, -0.15) is 0 Å². The van der Waals surface area contributed by atoms with Gasteiger partial charge < -0.3 is 11.1 Å². The molecule has 0 fully saturated rings. The van der Waals surface area contributed by atoms with Crippen molar-refractivity contribution in [2.45, 2.75) is 18.8 Å². The number of carbonyl (C=O) groups excluding carboxylic acids is 1. The zero-order valence-electron chi connectivity index (χ0n) is 9.01. The zero-order valence-corrected chi connectivity index (χ0v) is 10.6. The van der Waals surface area contributed by atoms with E-state index in [0.717, 1.165) is 4.88 Å². The fourth-order valence-corrected chi connectivity index (χ4v) is 2.20. The quantitative estimate of drug-likeness (QED) is 0.839. The molecule has 17 heavy (non-hydrogen) atoms. The second-order valence-electron chi connectivity index (χ2n) is 3.54. The summed E-state index contributed by atoms with van der Waals surface area (Å²) in [4.78, 5) is 12.2. The maximum absolute atomic E-state index is 12.7. The van der Waals surface area contributed by atoms with Crippen molar-refractivity contribution in [2.24, 2.45) is 5.73 Å². The predicted octanol–water partition coefficient (Wildman–Crippen LogP) is 2.04. The van der Waals surface area contributed by atoms with Gasteiger partial charge in [-0.3, -0.25) is 4.79 Å². The number of hydrogen-bond acceptors (Lipinski definition) is 3. The van der Waals surface area contributed by atoms with Gasteiger partial charge in [0.1, 0.15) is 0 Å². The second kappa shape index (κ2) is 6.28. The van der Waals surface area contributed by atoms with Gasteiger partial charge in [0.25, 0.3) is 5.92 Å². The molecule has 0 unspecified atom stereocenters.